The molecule has 0 saturated heterocycles. The highest BCUT2D eigenvalue weighted by molar-refractivity contribution is 9.10. The van der Waals surface area contributed by atoms with Crippen molar-refractivity contribution in [2.24, 2.45) is 0 Å². The van der Waals surface area contributed by atoms with Crippen molar-refractivity contribution in [3.05, 3.63) is 21.7 Å². The summed E-state index contributed by atoms with van der Waals surface area (Å²) in [6.45, 7) is 4.48. The smallest absolute Gasteiger partial charge is 0.172 e. The van der Waals surface area contributed by atoms with E-state index < -0.39 is 0 Å². The molecule has 0 fully saturated rings. The average molecular weight is 413 g/mol. The molecule has 0 aliphatic heterocycles. The zero-order valence-corrected chi connectivity index (χ0v) is 17.8. The van der Waals surface area contributed by atoms with Gasteiger partial charge < -0.3 is 10.2 Å². The predicted molar refractivity (Wildman–Crippen MR) is 112 cm³/mol. The van der Waals surface area contributed by atoms with E-state index in [9.17, 15) is 10.2 Å². The molecule has 1 aromatic rings. The van der Waals surface area contributed by atoms with E-state index in [2.05, 4.69) is 29.8 Å². The number of hydrogen-bond donors (Lipinski definition) is 2. The quantitative estimate of drug-likeness (QED) is 0.243. The molecule has 1 rings (SSSR count). The second-order valence-electron chi connectivity index (χ2n) is 7.23. The molecule has 0 aliphatic carbocycles. The van der Waals surface area contributed by atoms with Crippen molar-refractivity contribution in [2.45, 2.75) is 104 Å². The van der Waals surface area contributed by atoms with Crippen molar-refractivity contribution in [1.29, 1.82) is 0 Å². The van der Waals surface area contributed by atoms with E-state index >= 15 is 0 Å². The van der Waals surface area contributed by atoms with Crippen molar-refractivity contribution in [2.75, 3.05) is 0 Å². The molecule has 25 heavy (non-hydrogen) atoms. The lowest BCUT2D eigenvalue weighted by Gasteiger charge is -2.15. The summed E-state index contributed by atoms with van der Waals surface area (Å²) < 4.78 is 0.696. The van der Waals surface area contributed by atoms with Crippen LogP contribution in [0.4, 0.5) is 0 Å². The Kier molecular flexibility index (Phi) is 12.1. The van der Waals surface area contributed by atoms with Crippen molar-refractivity contribution < 1.29 is 10.2 Å². The molecule has 0 aromatic heterocycles. The second-order valence-corrected chi connectivity index (χ2v) is 8.02. The van der Waals surface area contributed by atoms with Crippen LogP contribution in [0.1, 0.15) is 102 Å². The lowest BCUT2D eigenvalue weighted by atomic mass is 9.95. The van der Waals surface area contributed by atoms with E-state index in [1.165, 1.54) is 75.3 Å². The van der Waals surface area contributed by atoms with Crippen LogP contribution in [0, 0.1) is 0 Å². The van der Waals surface area contributed by atoms with Gasteiger partial charge in [-0.2, -0.15) is 0 Å². The van der Waals surface area contributed by atoms with E-state index in [-0.39, 0.29) is 11.5 Å². The number of hydrogen-bond acceptors (Lipinski definition) is 2. The summed E-state index contributed by atoms with van der Waals surface area (Å²) in [4.78, 5) is 0. The summed E-state index contributed by atoms with van der Waals surface area (Å²) in [7, 11) is 0. The molecule has 0 aliphatic rings. The van der Waals surface area contributed by atoms with Crippen molar-refractivity contribution in [1.82, 2.24) is 0 Å². The standard InChI is InChI=1S/C22H37BrO2/c1-3-5-7-9-11-13-15-18-17-20(24)22(25)21(23)19(18)16-14-12-10-8-6-4-2/h17,24-25H,3-16H2,1-2H3. The molecule has 0 amide bonds. The maximum Gasteiger partial charge on any atom is 0.172 e. The molecule has 0 saturated carbocycles. The van der Waals surface area contributed by atoms with Gasteiger partial charge in [-0.15, -0.1) is 0 Å². The molecule has 2 N–H and O–H groups in total. The van der Waals surface area contributed by atoms with Gasteiger partial charge in [0.25, 0.3) is 0 Å². The fraction of sp³-hybridized carbons (Fsp3) is 0.727. The van der Waals surface area contributed by atoms with Crippen LogP contribution in [0.5, 0.6) is 11.5 Å². The number of phenols is 2. The highest BCUT2D eigenvalue weighted by Gasteiger charge is 2.15. The topological polar surface area (TPSA) is 40.5 Å². The molecule has 0 bridgehead atoms. The van der Waals surface area contributed by atoms with Crippen LogP contribution < -0.4 is 0 Å². The number of phenolic OH excluding ortho intramolecular Hbond substituents is 2. The minimum atomic E-state index is -0.00678. The molecule has 0 atom stereocenters. The van der Waals surface area contributed by atoms with Crippen LogP contribution in [-0.4, -0.2) is 10.2 Å². The first kappa shape index (κ1) is 22.3. The Hall–Kier alpha value is -0.700. The number of aromatic hydroxyl groups is 2. The minimum Gasteiger partial charge on any atom is -0.504 e. The molecule has 0 unspecified atom stereocenters. The van der Waals surface area contributed by atoms with Crippen molar-refractivity contribution in [3.63, 3.8) is 0 Å². The summed E-state index contributed by atoms with van der Waals surface area (Å²) in [6.07, 6.45) is 17.2. The van der Waals surface area contributed by atoms with E-state index in [0.717, 1.165) is 25.7 Å². The van der Waals surface area contributed by atoms with Crippen LogP contribution in [-0.2, 0) is 12.8 Å². The first-order valence-electron chi connectivity index (χ1n) is 10.3. The predicted octanol–water partition coefficient (Wildman–Crippen LogP) is 7.67. The van der Waals surface area contributed by atoms with Crippen LogP contribution in [0.3, 0.4) is 0 Å². The average Bonchev–Trinajstić information content (AvgIpc) is 2.61. The number of benzene rings is 1. The van der Waals surface area contributed by atoms with Crippen LogP contribution in [0.15, 0.2) is 10.5 Å². The van der Waals surface area contributed by atoms with Crippen LogP contribution in [0.2, 0.25) is 0 Å². The van der Waals surface area contributed by atoms with Gasteiger partial charge in [-0.05, 0) is 58.8 Å². The van der Waals surface area contributed by atoms with Gasteiger partial charge in [0.2, 0.25) is 0 Å². The fourth-order valence-electron chi connectivity index (χ4n) is 3.39. The third kappa shape index (κ3) is 8.48. The summed E-state index contributed by atoms with van der Waals surface area (Å²) in [5, 5.41) is 20.0. The van der Waals surface area contributed by atoms with Gasteiger partial charge >= 0.3 is 0 Å². The molecular weight excluding hydrogens is 376 g/mol. The zero-order valence-electron chi connectivity index (χ0n) is 16.2. The van der Waals surface area contributed by atoms with Gasteiger partial charge in [0.1, 0.15) is 0 Å². The maximum atomic E-state index is 10.1. The molecule has 2 nitrogen and oxygen atoms in total. The van der Waals surface area contributed by atoms with Gasteiger partial charge in [0.05, 0.1) is 4.47 Å². The third-order valence-electron chi connectivity index (χ3n) is 4.99. The number of unbranched alkanes of at least 4 members (excludes halogenated alkanes) is 10. The first-order valence-corrected chi connectivity index (χ1v) is 11.1. The molecule has 3 heteroatoms. The monoisotopic (exact) mass is 412 g/mol. The highest BCUT2D eigenvalue weighted by atomic mass is 79.9. The zero-order chi connectivity index (χ0) is 18.5. The fourth-order valence-corrected chi connectivity index (χ4v) is 4.04. The summed E-state index contributed by atoms with van der Waals surface area (Å²) >= 11 is 3.51. The number of halogens is 1. The van der Waals surface area contributed by atoms with Crippen LogP contribution >= 0.6 is 15.9 Å². The lowest BCUT2D eigenvalue weighted by Crippen LogP contribution is -1.98. The van der Waals surface area contributed by atoms with Crippen LogP contribution in [0.25, 0.3) is 0 Å². The Labute approximate surface area is 163 Å². The molecule has 1 aromatic carbocycles. The summed E-state index contributed by atoms with van der Waals surface area (Å²) in [5.41, 5.74) is 2.39. The van der Waals surface area contributed by atoms with Gasteiger partial charge in [-0.3, -0.25) is 0 Å². The van der Waals surface area contributed by atoms with Gasteiger partial charge in [0, 0.05) is 0 Å². The molecular formula is C22H37BrO2. The van der Waals surface area contributed by atoms with E-state index in [4.69, 9.17) is 0 Å². The Morgan fingerprint density at radius 3 is 1.76 bits per heavy atom. The van der Waals surface area contributed by atoms with Crippen molar-refractivity contribution in [3.8, 4) is 11.5 Å². The van der Waals surface area contributed by atoms with Gasteiger partial charge in [-0.1, -0.05) is 78.1 Å². The lowest BCUT2D eigenvalue weighted by molar-refractivity contribution is 0.399. The minimum absolute atomic E-state index is 0.000413. The SMILES string of the molecule is CCCCCCCCc1cc(O)c(O)c(Br)c1CCCCCCCC. The van der Waals surface area contributed by atoms with E-state index in [1.807, 2.05) is 0 Å². The first-order chi connectivity index (χ1) is 12.1. The largest absolute Gasteiger partial charge is 0.504 e. The van der Waals surface area contributed by atoms with Gasteiger partial charge in [-0.25, -0.2) is 0 Å². The molecule has 0 heterocycles. The second kappa shape index (κ2) is 13.5. The third-order valence-corrected chi connectivity index (χ3v) is 5.85. The molecule has 144 valence electrons. The Bertz CT molecular complexity index is 485. The Morgan fingerprint density at radius 1 is 0.720 bits per heavy atom. The highest BCUT2D eigenvalue weighted by Crippen LogP contribution is 2.39. The normalized spacial score (nSPS) is 11.2. The molecule has 0 spiro atoms. The number of aryl methyl sites for hydroxylation is 1. The summed E-state index contributed by atoms with van der Waals surface area (Å²) in [6, 6.07) is 1.78. The van der Waals surface area contributed by atoms with Gasteiger partial charge in [0.15, 0.2) is 11.5 Å². The summed E-state index contributed by atoms with van der Waals surface area (Å²) in [5.74, 6) is -0.00719. The van der Waals surface area contributed by atoms with E-state index in [0.29, 0.717) is 4.47 Å². The molecule has 0 radical (unpaired) electrons. The Morgan fingerprint density at radius 2 is 1.20 bits per heavy atom. The Balaban J connectivity index is 2.56. The maximum absolute atomic E-state index is 10.1. The number of rotatable bonds is 14. The van der Waals surface area contributed by atoms with E-state index in [1.54, 1.807) is 6.07 Å². The van der Waals surface area contributed by atoms with Crippen molar-refractivity contribution >= 4 is 15.9 Å².